The van der Waals surface area contributed by atoms with Crippen LogP contribution in [0.2, 0.25) is 0 Å². The van der Waals surface area contributed by atoms with Crippen molar-refractivity contribution in [1.82, 2.24) is 15.3 Å². The van der Waals surface area contributed by atoms with E-state index in [4.69, 9.17) is 0 Å². The molecule has 0 radical (unpaired) electrons. The van der Waals surface area contributed by atoms with Gasteiger partial charge in [0.15, 0.2) is 0 Å². The number of pyridine rings is 2. The van der Waals surface area contributed by atoms with Crippen LogP contribution in [0.25, 0.3) is 0 Å². The van der Waals surface area contributed by atoms with Crippen LogP contribution >= 0.6 is 0 Å². The first-order chi connectivity index (χ1) is 9.25. The number of carbonyl (C=O) groups excluding carboxylic acids is 2. The first kappa shape index (κ1) is 12.7. The highest BCUT2D eigenvalue weighted by molar-refractivity contribution is 6.39. The van der Waals surface area contributed by atoms with Crippen molar-refractivity contribution in [2.24, 2.45) is 0 Å². The quantitative estimate of drug-likeness (QED) is 0.793. The minimum atomic E-state index is -0.708. The molecule has 19 heavy (non-hydrogen) atoms. The summed E-state index contributed by atoms with van der Waals surface area (Å²) in [5, 5.41) is 5.00. The molecule has 0 aliphatic rings. The molecule has 6 nitrogen and oxygen atoms in total. The van der Waals surface area contributed by atoms with E-state index < -0.39 is 11.8 Å². The Balaban J connectivity index is 1.85. The van der Waals surface area contributed by atoms with Crippen molar-refractivity contribution in [2.45, 2.75) is 6.54 Å². The summed E-state index contributed by atoms with van der Waals surface area (Å²) in [4.78, 5) is 30.8. The van der Waals surface area contributed by atoms with E-state index in [-0.39, 0.29) is 6.54 Å². The standard InChI is InChI=1S/C13H12N4O2/c18-12(16-9-10-1-5-14-6-2-10)13(19)17-11-3-7-15-8-4-11/h1-8H,9H2,(H,16,18)(H,15,17,19). The summed E-state index contributed by atoms with van der Waals surface area (Å²) in [7, 11) is 0. The number of aromatic nitrogens is 2. The fourth-order valence-electron chi connectivity index (χ4n) is 1.39. The van der Waals surface area contributed by atoms with Gasteiger partial charge in [0.2, 0.25) is 0 Å². The predicted octanol–water partition coefficient (Wildman–Crippen LogP) is 0.731. The monoisotopic (exact) mass is 256 g/mol. The Morgan fingerprint density at radius 1 is 0.895 bits per heavy atom. The van der Waals surface area contributed by atoms with Crippen LogP contribution < -0.4 is 10.6 Å². The highest BCUT2D eigenvalue weighted by Crippen LogP contribution is 2.02. The lowest BCUT2D eigenvalue weighted by atomic mass is 10.3. The van der Waals surface area contributed by atoms with Gasteiger partial charge in [0.25, 0.3) is 0 Å². The van der Waals surface area contributed by atoms with Crippen LogP contribution in [0.15, 0.2) is 49.1 Å². The molecule has 2 heterocycles. The smallest absolute Gasteiger partial charge is 0.313 e. The van der Waals surface area contributed by atoms with E-state index in [1.807, 2.05) is 0 Å². The van der Waals surface area contributed by atoms with Crippen LogP contribution in [0.3, 0.4) is 0 Å². The minimum Gasteiger partial charge on any atom is -0.344 e. The van der Waals surface area contributed by atoms with Crippen LogP contribution in [0.4, 0.5) is 5.69 Å². The third-order valence-electron chi connectivity index (χ3n) is 2.35. The predicted molar refractivity (Wildman–Crippen MR) is 69.0 cm³/mol. The number of nitrogens with zero attached hydrogens (tertiary/aromatic N) is 2. The third-order valence-corrected chi connectivity index (χ3v) is 2.35. The molecule has 0 aliphatic carbocycles. The van der Waals surface area contributed by atoms with E-state index in [2.05, 4.69) is 20.6 Å². The van der Waals surface area contributed by atoms with E-state index in [0.29, 0.717) is 5.69 Å². The molecule has 2 amide bonds. The topological polar surface area (TPSA) is 84.0 Å². The van der Waals surface area contributed by atoms with Crippen molar-refractivity contribution < 1.29 is 9.59 Å². The maximum Gasteiger partial charge on any atom is 0.313 e. The van der Waals surface area contributed by atoms with Gasteiger partial charge in [0, 0.05) is 37.0 Å². The van der Waals surface area contributed by atoms with Crippen LogP contribution in [0.5, 0.6) is 0 Å². The summed E-state index contributed by atoms with van der Waals surface area (Å²) < 4.78 is 0. The molecule has 2 rings (SSSR count). The fourth-order valence-corrected chi connectivity index (χ4v) is 1.39. The second kappa shape index (κ2) is 6.25. The highest BCUT2D eigenvalue weighted by atomic mass is 16.2. The number of amides is 2. The van der Waals surface area contributed by atoms with E-state index in [1.165, 1.54) is 12.4 Å². The Labute approximate surface area is 109 Å². The molecule has 0 atom stereocenters. The van der Waals surface area contributed by atoms with Crippen molar-refractivity contribution in [3.63, 3.8) is 0 Å². The Kier molecular flexibility index (Phi) is 4.17. The Bertz CT molecular complexity index is 557. The number of rotatable bonds is 3. The van der Waals surface area contributed by atoms with Gasteiger partial charge in [-0.15, -0.1) is 0 Å². The van der Waals surface area contributed by atoms with Crippen LogP contribution in [0.1, 0.15) is 5.56 Å². The number of carbonyl (C=O) groups is 2. The second-order valence-corrected chi connectivity index (χ2v) is 3.73. The van der Waals surface area contributed by atoms with Crippen molar-refractivity contribution in [2.75, 3.05) is 5.32 Å². The summed E-state index contributed by atoms with van der Waals surface area (Å²) in [6.07, 6.45) is 6.31. The lowest BCUT2D eigenvalue weighted by Crippen LogP contribution is -2.34. The molecule has 0 fully saturated rings. The van der Waals surface area contributed by atoms with E-state index in [1.54, 1.807) is 36.7 Å². The van der Waals surface area contributed by atoms with Gasteiger partial charge in [0.05, 0.1) is 0 Å². The van der Waals surface area contributed by atoms with E-state index in [9.17, 15) is 9.59 Å². The zero-order chi connectivity index (χ0) is 13.5. The summed E-state index contributed by atoms with van der Waals surface area (Å²) in [6, 6.07) is 6.74. The number of nitrogens with one attached hydrogen (secondary N) is 2. The van der Waals surface area contributed by atoms with Gasteiger partial charge in [-0.25, -0.2) is 0 Å². The van der Waals surface area contributed by atoms with Gasteiger partial charge >= 0.3 is 11.8 Å². The lowest BCUT2D eigenvalue weighted by molar-refractivity contribution is -0.136. The molecule has 0 saturated heterocycles. The highest BCUT2D eigenvalue weighted by Gasteiger charge is 2.12. The van der Waals surface area contributed by atoms with Crippen molar-refractivity contribution in [3.8, 4) is 0 Å². The maximum absolute atomic E-state index is 11.6. The Hall–Kier alpha value is -2.76. The molecule has 0 aromatic carbocycles. The zero-order valence-electron chi connectivity index (χ0n) is 10.0. The Morgan fingerprint density at radius 3 is 2.11 bits per heavy atom. The molecule has 0 bridgehead atoms. The normalized spacial score (nSPS) is 9.68. The van der Waals surface area contributed by atoms with Crippen molar-refractivity contribution in [3.05, 3.63) is 54.6 Å². The molecular formula is C13H12N4O2. The molecular weight excluding hydrogens is 244 g/mol. The first-order valence-electron chi connectivity index (χ1n) is 5.64. The van der Waals surface area contributed by atoms with Crippen molar-refractivity contribution >= 4 is 17.5 Å². The van der Waals surface area contributed by atoms with Gasteiger partial charge in [0.1, 0.15) is 0 Å². The van der Waals surface area contributed by atoms with Gasteiger partial charge in [-0.3, -0.25) is 19.6 Å². The summed E-state index contributed by atoms with van der Waals surface area (Å²) >= 11 is 0. The van der Waals surface area contributed by atoms with Gasteiger partial charge in [-0.1, -0.05) is 0 Å². The van der Waals surface area contributed by atoms with Crippen LogP contribution in [-0.4, -0.2) is 21.8 Å². The van der Waals surface area contributed by atoms with E-state index >= 15 is 0 Å². The molecule has 2 aromatic heterocycles. The molecule has 6 heteroatoms. The third kappa shape index (κ3) is 3.88. The summed E-state index contributed by atoms with van der Waals surface area (Å²) in [6.45, 7) is 0.283. The minimum absolute atomic E-state index is 0.283. The second-order valence-electron chi connectivity index (χ2n) is 3.73. The number of anilines is 1. The Morgan fingerprint density at radius 2 is 1.47 bits per heavy atom. The molecule has 2 N–H and O–H groups in total. The molecule has 2 aromatic rings. The summed E-state index contributed by atoms with van der Waals surface area (Å²) in [5.41, 5.74) is 1.40. The molecule has 96 valence electrons. The molecule has 0 unspecified atom stereocenters. The van der Waals surface area contributed by atoms with Gasteiger partial charge in [-0.2, -0.15) is 0 Å². The largest absolute Gasteiger partial charge is 0.344 e. The lowest BCUT2D eigenvalue weighted by Gasteiger charge is -2.06. The van der Waals surface area contributed by atoms with Gasteiger partial charge in [-0.05, 0) is 29.8 Å². The molecule has 0 spiro atoms. The molecule has 0 saturated carbocycles. The fraction of sp³-hybridized carbons (Fsp3) is 0.0769. The maximum atomic E-state index is 11.6. The van der Waals surface area contributed by atoms with Crippen LogP contribution in [-0.2, 0) is 16.1 Å². The summed E-state index contributed by atoms with van der Waals surface area (Å²) in [5.74, 6) is -1.39. The van der Waals surface area contributed by atoms with Gasteiger partial charge < -0.3 is 10.6 Å². The van der Waals surface area contributed by atoms with Crippen LogP contribution in [0, 0.1) is 0 Å². The number of hydrogen-bond acceptors (Lipinski definition) is 4. The molecule has 0 aliphatic heterocycles. The average molecular weight is 256 g/mol. The average Bonchev–Trinajstić information content (AvgIpc) is 2.47. The zero-order valence-corrected chi connectivity index (χ0v) is 10.0. The van der Waals surface area contributed by atoms with E-state index in [0.717, 1.165) is 5.56 Å². The first-order valence-corrected chi connectivity index (χ1v) is 5.64. The SMILES string of the molecule is O=C(NCc1ccncc1)C(=O)Nc1ccncc1. The number of hydrogen-bond donors (Lipinski definition) is 2. The van der Waals surface area contributed by atoms with Crippen molar-refractivity contribution in [1.29, 1.82) is 0 Å².